The Kier molecular flexibility index (Phi) is 4.04. The summed E-state index contributed by atoms with van der Waals surface area (Å²) in [6, 6.07) is 6.50. The Morgan fingerprint density at radius 1 is 1.32 bits per heavy atom. The van der Waals surface area contributed by atoms with Gasteiger partial charge in [-0.3, -0.25) is 0 Å². The van der Waals surface area contributed by atoms with Crippen molar-refractivity contribution in [2.75, 3.05) is 26.3 Å². The lowest BCUT2D eigenvalue weighted by Crippen LogP contribution is -2.32. The minimum absolute atomic E-state index is 0.254. The second-order valence-electron chi connectivity index (χ2n) is 5.70. The lowest BCUT2D eigenvalue weighted by Gasteiger charge is -2.30. The highest BCUT2D eigenvalue weighted by Crippen LogP contribution is 2.34. The average Bonchev–Trinajstić information content (AvgIpc) is 2.49. The van der Waals surface area contributed by atoms with E-state index in [2.05, 4.69) is 23.5 Å². The Balaban J connectivity index is 1.82. The lowest BCUT2D eigenvalue weighted by atomic mass is 9.80. The monoisotopic (exact) mass is 261 g/mol. The summed E-state index contributed by atoms with van der Waals surface area (Å²) in [4.78, 5) is 0. The number of ether oxygens (including phenoxy) is 1. The highest BCUT2D eigenvalue weighted by atomic mass is 16.5. The first kappa shape index (κ1) is 12.9. The maximum absolute atomic E-state index is 9.78. The van der Waals surface area contributed by atoms with Gasteiger partial charge in [-0.05, 0) is 61.9 Å². The predicted octanol–water partition coefficient (Wildman–Crippen LogP) is 2.09. The first-order chi connectivity index (χ1) is 9.38. The number of hydrogen-bond acceptors (Lipinski definition) is 3. The van der Waals surface area contributed by atoms with Crippen molar-refractivity contribution in [2.24, 2.45) is 5.92 Å². The highest BCUT2D eigenvalue weighted by molar-refractivity contribution is 5.40. The molecule has 0 saturated carbocycles. The van der Waals surface area contributed by atoms with Crippen LogP contribution in [0.25, 0.3) is 0 Å². The van der Waals surface area contributed by atoms with Gasteiger partial charge in [0.25, 0.3) is 0 Å². The molecule has 1 aromatic carbocycles. The standard InChI is InChI=1S/C16H23NO2/c18-11-15(12-5-7-17-8-6-12)13-3-4-16-14(10-13)2-1-9-19-16/h3-4,10,12,15,17-18H,1-2,5-9,11H2. The van der Waals surface area contributed by atoms with Crippen LogP contribution < -0.4 is 10.1 Å². The van der Waals surface area contributed by atoms with E-state index in [-0.39, 0.29) is 12.5 Å². The second kappa shape index (κ2) is 5.93. The van der Waals surface area contributed by atoms with Gasteiger partial charge in [-0.15, -0.1) is 0 Å². The minimum atomic E-state index is 0.254. The van der Waals surface area contributed by atoms with Crippen molar-refractivity contribution in [1.82, 2.24) is 5.32 Å². The van der Waals surface area contributed by atoms with Crippen molar-refractivity contribution in [3.05, 3.63) is 29.3 Å². The molecule has 0 radical (unpaired) electrons. The molecular formula is C16H23NO2. The van der Waals surface area contributed by atoms with E-state index in [1.807, 2.05) is 0 Å². The number of piperidine rings is 1. The summed E-state index contributed by atoms with van der Waals surface area (Å²) in [5.74, 6) is 1.93. The molecular weight excluding hydrogens is 238 g/mol. The van der Waals surface area contributed by atoms with E-state index >= 15 is 0 Å². The van der Waals surface area contributed by atoms with Crippen molar-refractivity contribution >= 4 is 0 Å². The van der Waals surface area contributed by atoms with Gasteiger partial charge in [0.2, 0.25) is 0 Å². The summed E-state index contributed by atoms with van der Waals surface area (Å²) >= 11 is 0. The van der Waals surface area contributed by atoms with Crippen LogP contribution >= 0.6 is 0 Å². The molecule has 2 N–H and O–H groups in total. The molecule has 2 aliphatic heterocycles. The van der Waals surface area contributed by atoms with Gasteiger partial charge in [0.15, 0.2) is 0 Å². The molecule has 3 heteroatoms. The Hall–Kier alpha value is -1.06. The predicted molar refractivity (Wildman–Crippen MR) is 75.7 cm³/mol. The fourth-order valence-electron chi connectivity index (χ4n) is 3.38. The van der Waals surface area contributed by atoms with E-state index in [1.165, 1.54) is 24.0 Å². The first-order valence-corrected chi connectivity index (χ1v) is 7.45. The molecule has 19 heavy (non-hydrogen) atoms. The third-order valence-electron chi connectivity index (χ3n) is 4.51. The molecule has 1 fully saturated rings. The summed E-state index contributed by atoms with van der Waals surface area (Å²) in [5.41, 5.74) is 2.61. The van der Waals surface area contributed by atoms with E-state index < -0.39 is 0 Å². The van der Waals surface area contributed by atoms with E-state index in [9.17, 15) is 5.11 Å². The van der Waals surface area contributed by atoms with Gasteiger partial charge < -0.3 is 15.2 Å². The number of aliphatic hydroxyl groups excluding tert-OH is 1. The zero-order chi connectivity index (χ0) is 13.1. The van der Waals surface area contributed by atoms with Crippen LogP contribution in [0.5, 0.6) is 5.75 Å². The van der Waals surface area contributed by atoms with E-state index in [0.29, 0.717) is 5.92 Å². The average molecular weight is 261 g/mol. The maximum atomic E-state index is 9.78. The fraction of sp³-hybridized carbons (Fsp3) is 0.625. The van der Waals surface area contributed by atoms with Gasteiger partial charge in [0.1, 0.15) is 5.75 Å². The molecule has 1 saturated heterocycles. The molecule has 0 bridgehead atoms. The summed E-state index contributed by atoms with van der Waals surface area (Å²) in [5, 5.41) is 13.2. The van der Waals surface area contributed by atoms with Crippen LogP contribution in [0.3, 0.4) is 0 Å². The number of nitrogens with one attached hydrogen (secondary N) is 1. The molecule has 0 amide bonds. The molecule has 1 aromatic rings. The molecule has 104 valence electrons. The lowest BCUT2D eigenvalue weighted by molar-refractivity contribution is 0.201. The second-order valence-corrected chi connectivity index (χ2v) is 5.70. The van der Waals surface area contributed by atoms with E-state index in [0.717, 1.165) is 38.3 Å². The van der Waals surface area contributed by atoms with Crippen molar-refractivity contribution < 1.29 is 9.84 Å². The van der Waals surface area contributed by atoms with Crippen molar-refractivity contribution in [3.63, 3.8) is 0 Å². The van der Waals surface area contributed by atoms with E-state index in [1.54, 1.807) is 0 Å². The molecule has 1 atom stereocenters. The third-order valence-corrected chi connectivity index (χ3v) is 4.51. The van der Waals surface area contributed by atoms with Crippen LogP contribution in [-0.4, -0.2) is 31.4 Å². The maximum Gasteiger partial charge on any atom is 0.122 e. The van der Waals surface area contributed by atoms with Gasteiger partial charge in [-0.2, -0.15) is 0 Å². The highest BCUT2D eigenvalue weighted by Gasteiger charge is 2.25. The van der Waals surface area contributed by atoms with Gasteiger partial charge in [0.05, 0.1) is 13.2 Å². The van der Waals surface area contributed by atoms with Crippen molar-refractivity contribution in [2.45, 2.75) is 31.6 Å². The molecule has 2 heterocycles. The number of aliphatic hydroxyl groups is 1. The Morgan fingerprint density at radius 3 is 2.95 bits per heavy atom. The molecule has 0 spiro atoms. The molecule has 3 nitrogen and oxygen atoms in total. The minimum Gasteiger partial charge on any atom is -0.493 e. The molecule has 1 unspecified atom stereocenters. The smallest absolute Gasteiger partial charge is 0.122 e. The van der Waals surface area contributed by atoms with Crippen molar-refractivity contribution in [1.29, 1.82) is 0 Å². The van der Waals surface area contributed by atoms with Crippen LogP contribution in [0, 0.1) is 5.92 Å². The number of hydrogen-bond donors (Lipinski definition) is 2. The number of fused-ring (bicyclic) bond motifs is 1. The topological polar surface area (TPSA) is 41.5 Å². The normalized spacial score (nSPS) is 21.5. The summed E-state index contributed by atoms with van der Waals surface area (Å²) < 4.78 is 5.66. The summed E-state index contributed by atoms with van der Waals surface area (Å²) in [6.45, 7) is 3.25. The Bertz CT molecular complexity index is 427. The van der Waals surface area contributed by atoms with Gasteiger partial charge in [-0.1, -0.05) is 12.1 Å². The quantitative estimate of drug-likeness (QED) is 0.875. The van der Waals surface area contributed by atoms with Gasteiger partial charge >= 0.3 is 0 Å². The number of aryl methyl sites for hydroxylation is 1. The molecule has 0 aromatic heterocycles. The van der Waals surface area contributed by atoms with Gasteiger partial charge in [0, 0.05) is 5.92 Å². The van der Waals surface area contributed by atoms with Crippen LogP contribution in [0.2, 0.25) is 0 Å². The van der Waals surface area contributed by atoms with Crippen molar-refractivity contribution in [3.8, 4) is 5.75 Å². The van der Waals surface area contributed by atoms with Gasteiger partial charge in [-0.25, -0.2) is 0 Å². The molecule has 2 aliphatic rings. The van der Waals surface area contributed by atoms with Crippen LogP contribution in [0.4, 0.5) is 0 Å². The Morgan fingerprint density at radius 2 is 2.16 bits per heavy atom. The summed E-state index contributed by atoms with van der Waals surface area (Å²) in [6.07, 6.45) is 4.54. The van der Waals surface area contributed by atoms with Crippen LogP contribution in [0.1, 0.15) is 36.3 Å². The zero-order valence-corrected chi connectivity index (χ0v) is 11.4. The number of benzene rings is 1. The third kappa shape index (κ3) is 2.77. The Labute approximate surface area is 115 Å². The SMILES string of the molecule is OCC(c1ccc2c(c1)CCCO2)C1CCNCC1. The largest absolute Gasteiger partial charge is 0.493 e. The zero-order valence-electron chi connectivity index (χ0n) is 11.4. The van der Waals surface area contributed by atoms with Crippen LogP contribution in [0.15, 0.2) is 18.2 Å². The summed E-state index contributed by atoms with van der Waals surface area (Å²) in [7, 11) is 0. The molecule has 0 aliphatic carbocycles. The first-order valence-electron chi connectivity index (χ1n) is 7.45. The van der Waals surface area contributed by atoms with E-state index in [4.69, 9.17) is 4.74 Å². The fourth-order valence-corrected chi connectivity index (χ4v) is 3.38. The molecule has 3 rings (SSSR count). The number of rotatable bonds is 3. The van der Waals surface area contributed by atoms with Crippen LogP contribution in [-0.2, 0) is 6.42 Å².